The van der Waals surface area contributed by atoms with Gasteiger partial charge in [0.15, 0.2) is 0 Å². The molecule has 3 atom stereocenters. The Bertz CT molecular complexity index is 709. The van der Waals surface area contributed by atoms with Gasteiger partial charge in [-0.3, -0.25) is 4.79 Å². The monoisotopic (exact) mass is 443 g/mol. The van der Waals surface area contributed by atoms with Crippen molar-refractivity contribution in [2.75, 3.05) is 13.1 Å². The number of amides is 1. The predicted octanol–water partition coefficient (Wildman–Crippen LogP) is 5.07. The first kappa shape index (κ1) is 24.2. The number of rotatable bonds is 7. The van der Waals surface area contributed by atoms with Gasteiger partial charge in [0.05, 0.1) is 4.99 Å². The fourth-order valence-corrected chi connectivity index (χ4v) is 5.26. The van der Waals surface area contributed by atoms with Crippen LogP contribution in [0.15, 0.2) is 30.3 Å². The zero-order valence-electron chi connectivity index (χ0n) is 19.7. The second-order valence-electron chi connectivity index (χ2n) is 10.4. The summed E-state index contributed by atoms with van der Waals surface area (Å²) in [6.07, 6.45) is 8.94. The van der Waals surface area contributed by atoms with E-state index < -0.39 is 0 Å². The topological polar surface area (TPSA) is 44.4 Å². The van der Waals surface area contributed by atoms with E-state index >= 15 is 0 Å². The summed E-state index contributed by atoms with van der Waals surface area (Å²) in [7, 11) is 0. The molecule has 0 radical (unpaired) electrons. The van der Waals surface area contributed by atoms with Gasteiger partial charge in [0.1, 0.15) is 0 Å². The Morgan fingerprint density at radius 3 is 2.32 bits per heavy atom. The van der Waals surface area contributed by atoms with Crippen LogP contribution in [0.2, 0.25) is 0 Å². The van der Waals surface area contributed by atoms with E-state index in [1.807, 2.05) is 0 Å². The average molecular weight is 444 g/mol. The van der Waals surface area contributed by atoms with Crippen molar-refractivity contribution < 1.29 is 4.79 Å². The molecule has 1 saturated heterocycles. The van der Waals surface area contributed by atoms with Crippen LogP contribution in [0, 0.1) is 11.3 Å². The number of carbonyl (C=O) groups excluding carboxylic acids is 1. The zero-order chi connectivity index (χ0) is 22.3. The molecule has 2 N–H and O–H groups in total. The van der Waals surface area contributed by atoms with Gasteiger partial charge in [-0.2, -0.15) is 0 Å². The first-order chi connectivity index (χ1) is 14.8. The fourth-order valence-electron chi connectivity index (χ4n) is 4.94. The summed E-state index contributed by atoms with van der Waals surface area (Å²) in [5, 5.41) is 7.42. The molecular formula is C26H41N3OS. The Kier molecular flexibility index (Phi) is 8.91. The minimum atomic E-state index is -0.0994. The third kappa shape index (κ3) is 7.28. The molecule has 5 heteroatoms. The minimum absolute atomic E-state index is 0.0649. The molecule has 172 valence electrons. The first-order valence-corrected chi connectivity index (χ1v) is 12.6. The van der Waals surface area contributed by atoms with Crippen LogP contribution in [-0.4, -0.2) is 41.0 Å². The maximum absolute atomic E-state index is 13.3. The number of nitrogens with one attached hydrogen (secondary N) is 2. The third-order valence-electron chi connectivity index (χ3n) is 6.92. The molecule has 31 heavy (non-hydrogen) atoms. The highest BCUT2D eigenvalue weighted by Gasteiger charge is 2.36. The smallest absolute Gasteiger partial charge is 0.226 e. The molecule has 2 aliphatic rings. The van der Waals surface area contributed by atoms with Crippen LogP contribution < -0.4 is 10.6 Å². The van der Waals surface area contributed by atoms with Crippen LogP contribution in [-0.2, 0) is 11.3 Å². The Balaban J connectivity index is 1.58. The van der Waals surface area contributed by atoms with Gasteiger partial charge in [-0.15, -0.1) is 0 Å². The van der Waals surface area contributed by atoms with Crippen LogP contribution in [0.4, 0.5) is 0 Å². The number of carbonyl (C=O) groups is 1. The molecule has 0 unspecified atom stereocenters. The van der Waals surface area contributed by atoms with Crippen LogP contribution in [0.3, 0.4) is 0 Å². The number of benzene rings is 1. The summed E-state index contributed by atoms with van der Waals surface area (Å²) in [6.45, 7) is 9.21. The molecule has 4 nitrogen and oxygen atoms in total. The molecule has 1 amide bonds. The van der Waals surface area contributed by atoms with Gasteiger partial charge in [0.2, 0.25) is 5.91 Å². The van der Waals surface area contributed by atoms with Crippen molar-refractivity contribution in [1.82, 2.24) is 15.5 Å². The van der Waals surface area contributed by atoms with Crippen molar-refractivity contribution in [3.63, 3.8) is 0 Å². The van der Waals surface area contributed by atoms with Gasteiger partial charge < -0.3 is 15.5 Å². The minimum Gasteiger partial charge on any atom is -0.375 e. The fraction of sp³-hybridized carbons (Fsp3) is 0.692. The van der Waals surface area contributed by atoms with E-state index in [-0.39, 0.29) is 11.3 Å². The highest BCUT2D eigenvalue weighted by molar-refractivity contribution is 7.80. The van der Waals surface area contributed by atoms with E-state index in [1.54, 1.807) is 0 Å². The summed E-state index contributed by atoms with van der Waals surface area (Å²) < 4.78 is 0. The number of piperidine rings is 1. The van der Waals surface area contributed by atoms with Crippen molar-refractivity contribution >= 4 is 23.1 Å². The third-order valence-corrected chi connectivity index (χ3v) is 7.21. The maximum atomic E-state index is 13.3. The maximum Gasteiger partial charge on any atom is 0.226 e. The number of likely N-dealkylation sites (tertiary alicyclic amines) is 1. The van der Waals surface area contributed by atoms with Crippen molar-refractivity contribution in [2.45, 2.75) is 90.8 Å². The lowest BCUT2D eigenvalue weighted by molar-refractivity contribution is -0.139. The second kappa shape index (κ2) is 11.4. The summed E-state index contributed by atoms with van der Waals surface area (Å²) in [4.78, 5) is 16.2. The number of hydrogen-bond donors (Lipinski definition) is 2. The molecule has 2 fully saturated rings. The molecule has 0 aromatic heterocycles. The van der Waals surface area contributed by atoms with Crippen molar-refractivity contribution in [1.29, 1.82) is 0 Å². The summed E-state index contributed by atoms with van der Waals surface area (Å²) in [6, 6.07) is 11.3. The van der Waals surface area contributed by atoms with Crippen LogP contribution in [0.5, 0.6) is 0 Å². The Labute approximate surface area is 194 Å². The largest absolute Gasteiger partial charge is 0.375 e. The van der Waals surface area contributed by atoms with Crippen LogP contribution in [0.25, 0.3) is 0 Å². The molecule has 1 saturated carbocycles. The van der Waals surface area contributed by atoms with E-state index in [1.165, 1.54) is 31.2 Å². The molecule has 0 spiro atoms. The van der Waals surface area contributed by atoms with E-state index in [4.69, 9.17) is 12.2 Å². The van der Waals surface area contributed by atoms with E-state index in [0.717, 1.165) is 43.9 Å². The molecule has 3 rings (SSSR count). The SMILES string of the molecule is CC(C)(C)[C@H](CC(=S)N[C@@H]1CCCC[C@H]1NCc1ccccc1)C(=O)N1CCCCC1. The number of nitrogens with zero attached hydrogens (tertiary/aromatic N) is 1. The molecule has 1 aliphatic heterocycles. The molecule has 1 heterocycles. The van der Waals surface area contributed by atoms with Gasteiger partial charge >= 0.3 is 0 Å². The normalized spacial score (nSPS) is 23.3. The van der Waals surface area contributed by atoms with Gasteiger partial charge in [-0.25, -0.2) is 0 Å². The second-order valence-corrected chi connectivity index (χ2v) is 10.9. The van der Waals surface area contributed by atoms with Gasteiger partial charge in [0.25, 0.3) is 0 Å². The summed E-state index contributed by atoms with van der Waals surface area (Å²) >= 11 is 5.82. The Hall–Kier alpha value is -1.46. The van der Waals surface area contributed by atoms with E-state index in [9.17, 15) is 4.79 Å². The number of thiocarbonyl (C=S) groups is 1. The highest BCUT2D eigenvalue weighted by Crippen LogP contribution is 2.32. The van der Waals surface area contributed by atoms with Crippen LogP contribution in [0.1, 0.15) is 77.7 Å². The van der Waals surface area contributed by atoms with Crippen molar-refractivity contribution in [3.05, 3.63) is 35.9 Å². The van der Waals surface area contributed by atoms with Crippen molar-refractivity contribution in [2.24, 2.45) is 11.3 Å². The quantitative estimate of drug-likeness (QED) is 0.578. The van der Waals surface area contributed by atoms with Gasteiger partial charge in [-0.1, -0.05) is 76.2 Å². The lowest BCUT2D eigenvalue weighted by atomic mass is 9.77. The average Bonchev–Trinajstić information content (AvgIpc) is 2.77. The first-order valence-electron chi connectivity index (χ1n) is 12.2. The van der Waals surface area contributed by atoms with Crippen LogP contribution >= 0.6 is 12.2 Å². The molecule has 1 aliphatic carbocycles. The van der Waals surface area contributed by atoms with E-state index in [2.05, 4.69) is 66.6 Å². The Morgan fingerprint density at radius 1 is 1.03 bits per heavy atom. The summed E-state index contributed by atoms with van der Waals surface area (Å²) in [5.74, 6) is 0.226. The van der Waals surface area contributed by atoms with Crippen molar-refractivity contribution in [3.8, 4) is 0 Å². The molecular weight excluding hydrogens is 402 g/mol. The lowest BCUT2D eigenvalue weighted by Gasteiger charge is -2.38. The van der Waals surface area contributed by atoms with E-state index in [0.29, 0.717) is 24.4 Å². The predicted molar refractivity (Wildman–Crippen MR) is 133 cm³/mol. The highest BCUT2D eigenvalue weighted by atomic mass is 32.1. The molecule has 1 aromatic rings. The van der Waals surface area contributed by atoms with Gasteiger partial charge in [0, 0.05) is 44.1 Å². The van der Waals surface area contributed by atoms with Gasteiger partial charge in [-0.05, 0) is 43.1 Å². The zero-order valence-corrected chi connectivity index (χ0v) is 20.5. The Morgan fingerprint density at radius 2 is 1.68 bits per heavy atom. The summed E-state index contributed by atoms with van der Waals surface area (Å²) in [5.41, 5.74) is 1.21. The standard InChI is InChI=1S/C26H41N3OS/c1-26(2,3)21(25(30)29-16-10-5-11-17-29)18-24(31)28-23-15-9-8-14-22(23)27-19-20-12-6-4-7-13-20/h4,6-7,12-13,21-23,27H,5,8-11,14-19H2,1-3H3,(H,28,31)/t21-,22-,23-/m1/s1. The molecule has 0 bridgehead atoms. The lowest BCUT2D eigenvalue weighted by Crippen LogP contribution is -2.52. The molecule has 1 aromatic carbocycles. The number of hydrogen-bond acceptors (Lipinski definition) is 3.